The number of carbonyl (C=O) groups excluding carboxylic acids is 2. The SMILES string of the molecule is CO[C@H]1C[C@@H](C(=O)NCc2cnc(C)cn2)CC[C@@H]1NC(=O)c1ccccc1. The van der Waals surface area contributed by atoms with Gasteiger partial charge in [-0.25, -0.2) is 0 Å². The van der Waals surface area contributed by atoms with Crippen molar-refractivity contribution in [3.8, 4) is 0 Å². The number of nitrogens with zero attached hydrogens (tertiary/aromatic N) is 2. The van der Waals surface area contributed by atoms with E-state index >= 15 is 0 Å². The van der Waals surface area contributed by atoms with E-state index < -0.39 is 0 Å². The Morgan fingerprint density at radius 3 is 2.61 bits per heavy atom. The maximum atomic E-state index is 12.5. The van der Waals surface area contributed by atoms with E-state index in [1.807, 2.05) is 25.1 Å². The van der Waals surface area contributed by atoms with Crippen molar-refractivity contribution in [2.75, 3.05) is 7.11 Å². The van der Waals surface area contributed by atoms with Gasteiger partial charge in [0.1, 0.15) is 0 Å². The second-order valence-electron chi connectivity index (χ2n) is 7.10. The molecule has 1 aliphatic rings. The molecule has 148 valence electrons. The van der Waals surface area contributed by atoms with Gasteiger partial charge in [0.15, 0.2) is 0 Å². The number of aromatic nitrogens is 2. The van der Waals surface area contributed by atoms with Crippen LogP contribution in [-0.2, 0) is 16.1 Å². The molecule has 7 nitrogen and oxygen atoms in total. The molecule has 2 aromatic rings. The van der Waals surface area contributed by atoms with E-state index in [0.29, 0.717) is 31.4 Å². The van der Waals surface area contributed by atoms with Crippen molar-refractivity contribution in [2.45, 2.75) is 44.9 Å². The lowest BCUT2D eigenvalue weighted by atomic mass is 9.83. The normalized spacial score (nSPS) is 21.7. The number of amides is 2. The van der Waals surface area contributed by atoms with Gasteiger partial charge in [-0.1, -0.05) is 18.2 Å². The van der Waals surface area contributed by atoms with E-state index in [-0.39, 0.29) is 29.9 Å². The fourth-order valence-electron chi connectivity index (χ4n) is 3.47. The lowest BCUT2D eigenvalue weighted by Gasteiger charge is -2.35. The van der Waals surface area contributed by atoms with Gasteiger partial charge in [-0.3, -0.25) is 19.6 Å². The molecule has 1 aromatic carbocycles. The molecule has 0 radical (unpaired) electrons. The number of aryl methyl sites for hydroxylation is 1. The van der Waals surface area contributed by atoms with Crippen LogP contribution in [0.15, 0.2) is 42.7 Å². The van der Waals surface area contributed by atoms with E-state index in [1.54, 1.807) is 31.6 Å². The Labute approximate surface area is 164 Å². The Hall–Kier alpha value is -2.80. The van der Waals surface area contributed by atoms with Gasteiger partial charge in [-0.05, 0) is 38.3 Å². The van der Waals surface area contributed by atoms with Crippen molar-refractivity contribution in [1.82, 2.24) is 20.6 Å². The number of hydrogen-bond acceptors (Lipinski definition) is 5. The molecule has 0 saturated heterocycles. The summed E-state index contributed by atoms with van der Waals surface area (Å²) in [5.41, 5.74) is 2.19. The average molecular weight is 382 g/mol. The van der Waals surface area contributed by atoms with Crippen molar-refractivity contribution >= 4 is 11.8 Å². The molecular formula is C21H26N4O3. The first-order chi connectivity index (χ1) is 13.6. The number of benzene rings is 1. The van der Waals surface area contributed by atoms with E-state index in [9.17, 15) is 9.59 Å². The zero-order valence-electron chi connectivity index (χ0n) is 16.2. The highest BCUT2D eigenvalue weighted by Gasteiger charge is 2.34. The summed E-state index contributed by atoms with van der Waals surface area (Å²) >= 11 is 0. The molecule has 2 N–H and O–H groups in total. The Morgan fingerprint density at radius 2 is 1.93 bits per heavy atom. The number of carbonyl (C=O) groups is 2. The number of hydrogen-bond donors (Lipinski definition) is 2. The van der Waals surface area contributed by atoms with Crippen molar-refractivity contribution in [3.63, 3.8) is 0 Å². The van der Waals surface area contributed by atoms with Crippen LogP contribution in [0.5, 0.6) is 0 Å². The van der Waals surface area contributed by atoms with Crippen molar-refractivity contribution < 1.29 is 14.3 Å². The highest BCUT2D eigenvalue weighted by atomic mass is 16.5. The number of ether oxygens (including phenoxy) is 1. The monoisotopic (exact) mass is 382 g/mol. The molecule has 0 spiro atoms. The fourth-order valence-corrected chi connectivity index (χ4v) is 3.47. The molecule has 28 heavy (non-hydrogen) atoms. The second-order valence-corrected chi connectivity index (χ2v) is 7.10. The molecule has 3 rings (SSSR count). The summed E-state index contributed by atoms with van der Waals surface area (Å²) in [6.45, 7) is 2.23. The first-order valence-electron chi connectivity index (χ1n) is 9.50. The number of methoxy groups -OCH3 is 1. The van der Waals surface area contributed by atoms with Crippen LogP contribution in [0.4, 0.5) is 0 Å². The maximum absolute atomic E-state index is 12.5. The van der Waals surface area contributed by atoms with Gasteiger partial charge < -0.3 is 15.4 Å². The highest BCUT2D eigenvalue weighted by Crippen LogP contribution is 2.27. The summed E-state index contributed by atoms with van der Waals surface area (Å²) in [5.74, 6) is -0.279. The zero-order chi connectivity index (χ0) is 19.9. The molecule has 7 heteroatoms. The van der Waals surface area contributed by atoms with Crippen LogP contribution in [0.25, 0.3) is 0 Å². The third-order valence-corrected chi connectivity index (χ3v) is 5.10. The molecule has 0 aliphatic heterocycles. The standard InChI is InChI=1S/C21H26N4O3/c1-14-11-23-17(12-22-14)13-24-20(26)16-8-9-18(19(10-16)28-2)25-21(27)15-6-4-3-5-7-15/h3-7,11-12,16,18-19H,8-10,13H2,1-2H3,(H,24,26)(H,25,27)/t16-,18-,19-/m0/s1. The van der Waals surface area contributed by atoms with E-state index in [4.69, 9.17) is 4.74 Å². The summed E-state index contributed by atoms with van der Waals surface area (Å²) in [7, 11) is 1.62. The van der Waals surface area contributed by atoms with Crippen LogP contribution >= 0.6 is 0 Å². The highest BCUT2D eigenvalue weighted by molar-refractivity contribution is 5.94. The second kappa shape index (κ2) is 9.41. The third-order valence-electron chi connectivity index (χ3n) is 5.10. The minimum Gasteiger partial charge on any atom is -0.379 e. The minimum absolute atomic E-state index is 0.0164. The molecular weight excluding hydrogens is 356 g/mol. The van der Waals surface area contributed by atoms with Gasteiger partial charge in [0, 0.05) is 24.8 Å². The van der Waals surface area contributed by atoms with Gasteiger partial charge in [0.2, 0.25) is 5.91 Å². The molecule has 1 heterocycles. The van der Waals surface area contributed by atoms with Gasteiger partial charge in [-0.15, -0.1) is 0 Å². The lowest BCUT2D eigenvalue weighted by Crippen LogP contribution is -2.49. The molecule has 1 aromatic heterocycles. The minimum atomic E-state index is -0.198. The molecule has 0 bridgehead atoms. The Kier molecular flexibility index (Phi) is 6.71. The summed E-state index contributed by atoms with van der Waals surface area (Å²) < 4.78 is 5.58. The molecule has 1 aliphatic carbocycles. The summed E-state index contributed by atoms with van der Waals surface area (Å²) in [4.78, 5) is 33.4. The predicted molar refractivity (Wildman–Crippen MR) is 104 cm³/mol. The molecule has 3 atom stereocenters. The van der Waals surface area contributed by atoms with Crippen molar-refractivity contribution in [2.24, 2.45) is 5.92 Å². The van der Waals surface area contributed by atoms with Gasteiger partial charge in [0.05, 0.1) is 36.3 Å². The molecule has 1 saturated carbocycles. The van der Waals surface area contributed by atoms with Crippen molar-refractivity contribution in [1.29, 1.82) is 0 Å². The van der Waals surface area contributed by atoms with Crippen LogP contribution in [0.2, 0.25) is 0 Å². The summed E-state index contributed by atoms with van der Waals surface area (Å²) in [5, 5.41) is 5.97. The van der Waals surface area contributed by atoms with Crippen LogP contribution in [0.1, 0.15) is 41.0 Å². The van der Waals surface area contributed by atoms with E-state index in [1.165, 1.54) is 0 Å². The predicted octanol–water partition coefficient (Wildman–Crippen LogP) is 2.01. The first-order valence-corrected chi connectivity index (χ1v) is 9.50. The largest absolute Gasteiger partial charge is 0.379 e. The smallest absolute Gasteiger partial charge is 0.251 e. The van der Waals surface area contributed by atoms with E-state index in [2.05, 4.69) is 20.6 Å². The maximum Gasteiger partial charge on any atom is 0.251 e. The van der Waals surface area contributed by atoms with Crippen molar-refractivity contribution in [3.05, 3.63) is 59.7 Å². The van der Waals surface area contributed by atoms with Crippen LogP contribution < -0.4 is 10.6 Å². The third kappa shape index (κ3) is 5.13. The Balaban J connectivity index is 1.52. The van der Waals surface area contributed by atoms with Crippen LogP contribution in [0.3, 0.4) is 0 Å². The van der Waals surface area contributed by atoms with Gasteiger partial charge in [-0.2, -0.15) is 0 Å². The Morgan fingerprint density at radius 1 is 1.14 bits per heavy atom. The fraction of sp³-hybridized carbons (Fsp3) is 0.429. The topological polar surface area (TPSA) is 93.2 Å². The molecule has 1 fully saturated rings. The molecule has 2 amide bonds. The molecule has 0 unspecified atom stereocenters. The average Bonchev–Trinajstić information content (AvgIpc) is 2.74. The number of rotatable bonds is 6. The van der Waals surface area contributed by atoms with E-state index in [0.717, 1.165) is 11.4 Å². The van der Waals surface area contributed by atoms with Gasteiger partial charge >= 0.3 is 0 Å². The lowest BCUT2D eigenvalue weighted by molar-refractivity contribution is -0.128. The van der Waals surface area contributed by atoms with Crippen LogP contribution in [0, 0.1) is 12.8 Å². The zero-order valence-corrected chi connectivity index (χ0v) is 16.2. The Bertz CT molecular complexity index is 795. The number of nitrogens with one attached hydrogen (secondary N) is 2. The van der Waals surface area contributed by atoms with Crippen LogP contribution in [-0.4, -0.2) is 41.0 Å². The van der Waals surface area contributed by atoms with Gasteiger partial charge in [0.25, 0.3) is 5.91 Å². The summed E-state index contributed by atoms with van der Waals surface area (Å²) in [6.07, 6.45) is 5.12. The summed E-state index contributed by atoms with van der Waals surface area (Å²) in [6, 6.07) is 9.00. The first kappa shape index (κ1) is 19.9. The quantitative estimate of drug-likeness (QED) is 0.797.